The summed E-state index contributed by atoms with van der Waals surface area (Å²) in [6.07, 6.45) is 0. The first-order valence-electron chi connectivity index (χ1n) is 5.25. The number of nitriles is 1. The lowest BCUT2D eigenvalue weighted by Gasteiger charge is -2.18. The summed E-state index contributed by atoms with van der Waals surface area (Å²) in [6, 6.07) is 11.4. The molecule has 2 aromatic rings. The van der Waals surface area contributed by atoms with Crippen LogP contribution >= 0.6 is 34.5 Å². The van der Waals surface area contributed by atoms with Gasteiger partial charge in [-0.1, -0.05) is 23.2 Å². The van der Waals surface area contributed by atoms with Crippen molar-refractivity contribution in [2.24, 2.45) is 0 Å². The second-order valence-corrected chi connectivity index (χ2v) is 6.04. The fourth-order valence-corrected chi connectivity index (χ4v) is 2.95. The molecule has 2 nitrogen and oxygen atoms in total. The van der Waals surface area contributed by atoms with Crippen molar-refractivity contribution in [1.82, 2.24) is 0 Å². The Morgan fingerprint density at radius 2 is 2.06 bits per heavy atom. The number of thiophene rings is 1. The number of halogens is 2. The molecule has 1 aromatic carbocycles. The molecule has 0 N–H and O–H groups in total. The maximum atomic E-state index is 8.82. The molecule has 0 bridgehead atoms. The van der Waals surface area contributed by atoms with Gasteiger partial charge in [0.25, 0.3) is 0 Å². The van der Waals surface area contributed by atoms with Gasteiger partial charge in [0, 0.05) is 17.6 Å². The van der Waals surface area contributed by atoms with Crippen molar-refractivity contribution in [3.05, 3.63) is 50.1 Å². The van der Waals surface area contributed by atoms with Gasteiger partial charge >= 0.3 is 0 Å². The molecule has 2 rings (SSSR count). The van der Waals surface area contributed by atoms with E-state index in [-0.39, 0.29) is 0 Å². The van der Waals surface area contributed by atoms with Gasteiger partial charge in [-0.05, 0) is 30.3 Å². The van der Waals surface area contributed by atoms with Crippen molar-refractivity contribution in [2.75, 3.05) is 11.9 Å². The van der Waals surface area contributed by atoms with Crippen LogP contribution in [-0.4, -0.2) is 7.05 Å². The van der Waals surface area contributed by atoms with Gasteiger partial charge in [0.2, 0.25) is 0 Å². The molecule has 1 aromatic heterocycles. The van der Waals surface area contributed by atoms with E-state index in [0.717, 1.165) is 16.6 Å². The molecule has 5 heteroatoms. The summed E-state index contributed by atoms with van der Waals surface area (Å²) in [4.78, 5) is 3.25. The van der Waals surface area contributed by atoms with Crippen molar-refractivity contribution in [2.45, 2.75) is 6.54 Å². The third-order valence-corrected chi connectivity index (χ3v) is 4.06. The van der Waals surface area contributed by atoms with E-state index in [9.17, 15) is 0 Å². The first-order valence-corrected chi connectivity index (χ1v) is 6.82. The number of nitrogens with zero attached hydrogens (tertiary/aromatic N) is 2. The quantitative estimate of drug-likeness (QED) is 0.830. The largest absolute Gasteiger partial charge is 0.369 e. The minimum atomic E-state index is 0.478. The lowest BCUT2D eigenvalue weighted by Crippen LogP contribution is -2.15. The average molecular weight is 297 g/mol. The summed E-state index contributed by atoms with van der Waals surface area (Å²) >= 11 is 13.5. The zero-order chi connectivity index (χ0) is 13.1. The van der Waals surface area contributed by atoms with Gasteiger partial charge in [-0.25, -0.2) is 0 Å². The Bertz CT molecular complexity index is 601. The number of hydrogen-bond donors (Lipinski definition) is 0. The molecule has 0 aliphatic heterocycles. The summed E-state index contributed by atoms with van der Waals surface area (Å²) in [5.41, 5.74) is 1.47. The third kappa shape index (κ3) is 2.97. The molecular formula is C13H10Cl2N2S. The Hall–Kier alpha value is -1.21. The second-order valence-electron chi connectivity index (χ2n) is 3.84. The van der Waals surface area contributed by atoms with Crippen LogP contribution in [0.3, 0.4) is 0 Å². The van der Waals surface area contributed by atoms with E-state index in [4.69, 9.17) is 28.5 Å². The van der Waals surface area contributed by atoms with Crippen molar-refractivity contribution < 1.29 is 0 Å². The number of anilines is 1. The van der Waals surface area contributed by atoms with Crippen LogP contribution in [0.15, 0.2) is 30.3 Å². The molecule has 1 heterocycles. The summed E-state index contributed by atoms with van der Waals surface area (Å²) in [5.74, 6) is 0. The van der Waals surface area contributed by atoms with E-state index in [0.29, 0.717) is 10.6 Å². The Labute approximate surface area is 120 Å². The van der Waals surface area contributed by atoms with Crippen LogP contribution in [0.1, 0.15) is 10.4 Å². The lowest BCUT2D eigenvalue weighted by molar-refractivity contribution is 0.940. The predicted octanol–water partition coefficient (Wildman–Crippen LogP) is 4.56. The van der Waals surface area contributed by atoms with E-state index < -0.39 is 0 Å². The van der Waals surface area contributed by atoms with E-state index in [2.05, 4.69) is 4.90 Å². The highest BCUT2D eigenvalue weighted by atomic mass is 35.5. The van der Waals surface area contributed by atoms with Crippen LogP contribution in [0.4, 0.5) is 5.69 Å². The number of hydrogen-bond acceptors (Lipinski definition) is 3. The SMILES string of the molecule is CN(Cc1ccc(Cl)s1)c1ccc(C#N)c(Cl)c1. The summed E-state index contributed by atoms with van der Waals surface area (Å²) in [5, 5.41) is 9.30. The molecule has 18 heavy (non-hydrogen) atoms. The molecule has 0 saturated carbocycles. The van der Waals surface area contributed by atoms with Crippen LogP contribution in [0.5, 0.6) is 0 Å². The fraction of sp³-hybridized carbons (Fsp3) is 0.154. The monoisotopic (exact) mass is 296 g/mol. The molecule has 92 valence electrons. The number of rotatable bonds is 3. The highest BCUT2D eigenvalue weighted by Gasteiger charge is 2.07. The Morgan fingerprint density at radius 3 is 2.61 bits per heavy atom. The maximum Gasteiger partial charge on any atom is 0.101 e. The van der Waals surface area contributed by atoms with Crippen LogP contribution in [0.25, 0.3) is 0 Å². The standard InChI is InChI=1S/C13H10Cl2N2S/c1-17(8-11-4-5-13(15)18-11)10-3-2-9(7-16)12(14)6-10/h2-6H,8H2,1H3. The topological polar surface area (TPSA) is 27.0 Å². The van der Waals surface area contributed by atoms with Gasteiger partial charge < -0.3 is 4.90 Å². The molecule has 0 saturated heterocycles. The molecule has 0 atom stereocenters. The predicted molar refractivity (Wildman–Crippen MR) is 77.6 cm³/mol. The minimum absolute atomic E-state index is 0.478. The Balaban J connectivity index is 2.16. The zero-order valence-electron chi connectivity index (χ0n) is 9.65. The van der Waals surface area contributed by atoms with Gasteiger partial charge in [0.1, 0.15) is 6.07 Å². The molecular weight excluding hydrogens is 287 g/mol. The molecule has 0 amide bonds. The third-order valence-electron chi connectivity index (χ3n) is 2.54. The van der Waals surface area contributed by atoms with Gasteiger partial charge in [0.05, 0.1) is 21.5 Å². The van der Waals surface area contributed by atoms with Gasteiger partial charge in [0.15, 0.2) is 0 Å². The van der Waals surface area contributed by atoms with E-state index in [1.54, 1.807) is 23.5 Å². The van der Waals surface area contributed by atoms with Crippen molar-refractivity contribution in [1.29, 1.82) is 5.26 Å². The van der Waals surface area contributed by atoms with Crippen LogP contribution in [0, 0.1) is 11.3 Å². The molecule has 0 aliphatic rings. The van der Waals surface area contributed by atoms with E-state index in [1.807, 2.05) is 31.3 Å². The van der Waals surface area contributed by atoms with Crippen molar-refractivity contribution in [3.63, 3.8) is 0 Å². The molecule has 0 unspecified atom stereocenters. The molecule has 0 spiro atoms. The molecule has 0 fully saturated rings. The zero-order valence-corrected chi connectivity index (χ0v) is 12.0. The maximum absolute atomic E-state index is 8.82. The Morgan fingerprint density at radius 1 is 1.28 bits per heavy atom. The molecule has 0 radical (unpaired) electrons. The van der Waals surface area contributed by atoms with Crippen molar-refractivity contribution in [3.8, 4) is 6.07 Å². The normalized spacial score (nSPS) is 10.1. The van der Waals surface area contributed by atoms with Crippen LogP contribution in [0.2, 0.25) is 9.36 Å². The highest BCUT2D eigenvalue weighted by Crippen LogP contribution is 2.26. The van der Waals surface area contributed by atoms with Crippen LogP contribution < -0.4 is 4.90 Å². The summed E-state index contributed by atoms with van der Waals surface area (Å²) < 4.78 is 0.788. The van der Waals surface area contributed by atoms with Gasteiger partial charge in [-0.3, -0.25) is 0 Å². The van der Waals surface area contributed by atoms with Gasteiger partial charge in [-0.2, -0.15) is 5.26 Å². The summed E-state index contributed by atoms with van der Waals surface area (Å²) in [6.45, 7) is 0.764. The Kier molecular flexibility index (Phi) is 4.13. The minimum Gasteiger partial charge on any atom is -0.369 e. The average Bonchev–Trinajstić information content (AvgIpc) is 2.74. The van der Waals surface area contributed by atoms with Crippen LogP contribution in [-0.2, 0) is 6.54 Å². The van der Waals surface area contributed by atoms with E-state index >= 15 is 0 Å². The smallest absolute Gasteiger partial charge is 0.101 e. The van der Waals surface area contributed by atoms with E-state index in [1.165, 1.54) is 4.88 Å². The number of benzene rings is 1. The molecule has 0 aliphatic carbocycles. The lowest BCUT2D eigenvalue weighted by atomic mass is 10.2. The first-order chi connectivity index (χ1) is 8.60. The summed E-state index contributed by atoms with van der Waals surface area (Å²) in [7, 11) is 1.98. The second kappa shape index (κ2) is 5.62. The first kappa shape index (κ1) is 13.2. The highest BCUT2D eigenvalue weighted by molar-refractivity contribution is 7.16. The fourth-order valence-electron chi connectivity index (χ4n) is 1.59. The van der Waals surface area contributed by atoms with Crippen molar-refractivity contribution >= 4 is 40.2 Å². The van der Waals surface area contributed by atoms with Gasteiger partial charge in [-0.15, -0.1) is 11.3 Å².